The molecule has 0 atom stereocenters. The number of aromatic carboxylic acids is 1. The molecule has 0 saturated heterocycles. The Morgan fingerprint density at radius 2 is 2.05 bits per heavy atom. The molecule has 1 aliphatic rings. The molecule has 1 N–H and O–H groups in total. The summed E-state index contributed by atoms with van der Waals surface area (Å²) in [5, 5.41) is 9.23. The Bertz CT molecular complexity index is 655. The van der Waals surface area contributed by atoms with Gasteiger partial charge in [0.15, 0.2) is 0 Å². The van der Waals surface area contributed by atoms with Gasteiger partial charge in [-0.1, -0.05) is 6.08 Å². The van der Waals surface area contributed by atoms with Crippen LogP contribution in [0.5, 0.6) is 0 Å². The Kier molecular flexibility index (Phi) is 3.75. The summed E-state index contributed by atoms with van der Waals surface area (Å²) in [5.74, 6) is -1.09. The van der Waals surface area contributed by atoms with Crippen LogP contribution >= 0.6 is 0 Å². The normalized spacial score (nSPS) is 15.6. The molecule has 1 aromatic heterocycles. The number of sulfonamides is 1. The van der Waals surface area contributed by atoms with Gasteiger partial charge >= 0.3 is 5.97 Å². The second-order valence-corrected chi connectivity index (χ2v) is 6.65. The average molecular weight is 299 g/mol. The van der Waals surface area contributed by atoms with Crippen molar-refractivity contribution >= 4 is 16.0 Å². The van der Waals surface area contributed by atoms with Crippen LogP contribution in [0.3, 0.4) is 0 Å². The predicted molar refractivity (Wildman–Crippen MR) is 72.3 cm³/mol. The number of carbonyl (C=O) groups is 1. The highest BCUT2D eigenvalue weighted by atomic mass is 32.2. The summed E-state index contributed by atoms with van der Waals surface area (Å²) in [7, 11) is -3.90. The molecule has 1 aliphatic carbocycles. The lowest BCUT2D eigenvalue weighted by Crippen LogP contribution is -2.34. The van der Waals surface area contributed by atoms with Gasteiger partial charge in [0.2, 0.25) is 10.0 Å². The van der Waals surface area contributed by atoms with E-state index in [1.807, 2.05) is 0 Å². The SMILES string of the molecule is C=CCN(C1CC1)S(=O)(=O)c1c(C)oc(C)c1C(=O)O. The van der Waals surface area contributed by atoms with Crippen LogP contribution in [0.4, 0.5) is 0 Å². The number of hydrogen-bond acceptors (Lipinski definition) is 4. The maximum Gasteiger partial charge on any atom is 0.340 e. The van der Waals surface area contributed by atoms with Crippen LogP contribution in [0, 0.1) is 13.8 Å². The van der Waals surface area contributed by atoms with Crippen LogP contribution in [0.2, 0.25) is 0 Å². The highest BCUT2D eigenvalue weighted by Crippen LogP contribution is 2.35. The monoisotopic (exact) mass is 299 g/mol. The minimum atomic E-state index is -3.90. The lowest BCUT2D eigenvalue weighted by molar-refractivity contribution is 0.0691. The van der Waals surface area contributed by atoms with E-state index in [0.717, 1.165) is 12.8 Å². The van der Waals surface area contributed by atoms with Gasteiger partial charge in [0.05, 0.1) is 0 Å². The molecule has 0 aromatic carbocycles. The molecule has 20 heavy (non-hydrogen) atoms. The van der Waals surface area contributed by atoms with Crippen molar-refractivity contribution in [1.29, 1.82) is 0 Å². The van der Waals surface area contributed by atoms with Gasteiger partial charge in [-0.25, -0.2) is 13.2 Å². The van der Waals surface area contributed by atoms with Crippen molar-refractivity contribution in [2.75, 3.05) is 6.54 Å². The first-order chi connectivity index (χ1) is 9.30. The van der Waals surface area contributed by atoms with Gasteiger partial charge in [0.1, 0.15) is 22.0 Å². The molecule has 1 saturated carbocycles. The fourth-order valence-corrected chi connectivity index (χ4v) is 4.31. The third-order valence-corrected chi connectivity index (χ3v) is 5.32. The van der Waals surface area contributed by atoms with Gasteiger partial charge in [-0.05, 0) is 26.7 Å². The Labute approximate surface area is 117 Å². The zero-order valence-electron chi connectivity index (χ0n) is 11.4. The average Bonchev–Trinajstić information content (AvgIpc) is 3.10. The molecule has 0 aliphatic heterocycles. The fourth-order valence-electron chi connectivity index (χ4n) is 2.27. The molecule has 1 fully saturated rings. The molecule has 110 valence electrons. The number of rotatable bonds is 6. The molecular weight excluding hydrogens is 282 g/mol. The number of carboxylic acid groups (broad SMARTS) is 1. The molecule has 1 aromatic rings. The van der Waals surface area contributed by atoms with Crippen LogP contribution in [-0.4, -0.2) is 36.4 Å². The number of furan rings is 1. The topological polar surface area (TPSA) is 87.8 Å². The number of hydrogen-bond donors (Lipinski definition) is 1. The maximum atomic E-state index is 12.7. The Morgan fingerprint density at radius 1 is 1.45 bits per heavy atom. The molecule has 1 heterocycles. The van der Waals surface area contributed by atoms with E-state index in [1.165, 1.54) is 24.2 Å². The van der Waals surface area contributed by atoms with Gasteiger partial charge in [0, 0.05) is 12.6 Å². The fraction of sp³-hybridized carbons (Fsp3) is 0.462. The summed E-state index contributed by atoms with van der Waals surface area (Å²) in [6.07, 6.45) is 3.06. The van der Waals surface area contributed by atoms with Gasteiger partial charge in [-0.15, -0.1) is 6.58 Å². The van der Waals surface area contributed by atoms with E-state index in [4.69, 9.17) is 4.42 Å². The molecule has 0 radical (unpaired) electrons. The van der Waals surface area contributed by atoms with Crippen LogP contribution in [-0.2, 0) is 10.0 Å². The summed E-state index contributed by atoms with van der Waals surface area (Å²) in [6, 6.07) is -0.0748. The van der Waals surface area contributed by atoms with Crippen molar-refractivity contribution in [2.45, 2.75) is 37.6 Å². The van der Waals surface area contributed by atoms with Crippen LogP contribution in [0.15, 0.2) is 22.0 Å². The van der Waals surface area contributed by atoms with Crippen molar-refractivity contribution < 1.29 is 22.7 Å². The lowest BCUT2D eigenvalue weighted by atomic mass is 10.2. The van der Waals surface area contributed by atoms with E-state index < -0.39 is 16.0 Å². The van der Waals surface area contributed by atoms with E-state index in [-0.39, 0.29) is 34.6 Å². The van der Waals surface area contributed by atoms with E-state index in [9.17, 15) is 18.3 Å². The highest BCUT2D eigenvalue weighted by molar-refractivity contribution is 7.89. The predicted octanol–water partition coefficient (Wildman–Crippen LogP) is 1.93. The first-order valence-corrected chi connectivity index (χ1v) is 7.70. The smallest absolute Gasteiger partial charge is 0.340 e. The Balaban J connectivity index is 2.59. The summed E-state index contributed by atoms with van der Waals surface area (Å²) in [4.78, 5) is 11.1. The first kappa shape index (κ1) is 14.8. The zero-order chi connectivity index (χ0) is 15.1. The molecule has 0 unspecified atom stereocenters. The standard InChI is InChI=1S/C13H17NO5S/c1-4-7-14(10-5-6-10)20(17,18)12-9(3)19-8(2)11(12)13(15)16/h4,10H,1,5-7H2,2-3H3,(H,15,16). The largest absolute Gasteiger partial charge is 0.478 e. The van der Waals surface area contributed by atoms with Crippen molar-refractivity contribution in [3.63, 3.8) is 0 Å². The third kappa shape index (κ3) is 2.38. The van der Waals surface area contributed by atoms with Gasteiger partial charge in [-0.3, -0.25) is 0 Å². The lowest BCUT2D eigenvalue weighted by Gasteiger charge is -2.20. The maximum absolute atomic E-state index is 12.7. The number of nitrogens with zero attached hydrogens (tertiary/aromatic N) is 1. The summed E-state index contributed by atoms with van der Waals surface area (Å²) in [6.45, 7) is 6.63. The second-order valence-electron chi connectivity index (χ2n) is 4.82. The van der Waals surface area contributed by atoms with Crippen molar-refractivity contribution in [3.8, 4) is 0 Å². The summed E-state index contributed by atoms with van der Waals surface area (Å²) >= 11 is 0. The second kappa shape index (κ2) is 5.06. The summed E-state index contributed by atoms with van der Waals surface area (Å²) < 4.78 is 31.9. The van der Waals surface area contributed by atoms with Gasteiger partial charge in [0.25, 0.3) is 0 Å². The zero-order valence-corrected chi connectivity index (χ0v) is 12.2. The molecule has 7 heteroatoms. The Morgan fingerprint density at radius 3 is 2.50 bits per heavy atom. The highest BCUT2D eigenvalue weighted by Gasteiger charge is 2.41. The Hall–Kier alpha value is -1.60. The van der Waals surface area contributed by atoms with Crippen molar-refractivity contribution in [2.24, 2.45) is 0 Å². The van der Waals surface area contributed by atoms with Crippen molar-refractivity contribution in [1.82, 2.24) is 4.31 Å². The van der Waals surface area contributed by atoms with Gasteiger partial charge in [-0.2, -0.15) is 4.31 Å². The molecule has 6 nitrogen and oxygen atoms in total. The molecular formula is C13H17NO5S. The van der Waals surface area contributed by atoms with Crippen LogP contribution in [0.1, 0.15) is 34.7 Å². The van der Waals surface area contributed by atoms with E-state index >= 15 is 0 Å². The minimum absolute atomic E-state index is 0.0748. The van der Waals surface area contributed by atoms with E-state index in [2.05, 4.69) is 6.58 Å². The van der Waals surface area contributed by atoms with Crippen LogP contribution < -0.4 is 0 Å². The minimum Gasteiger partial charge on any atom is -0.478 e. The quantitative estimate of drug-likeness (QED) is 0.811. The van der Waals surface area contributed by atoms with Gasteiger partial charge < -0.3 is 9.52 Å². The third-order valence-electron chi connectivity index (χ3n) is 3.25. The van der Waals surface area contributed by atoms with E-state index in [0.29, 0.717) is 0 Å². The van der Waals surface area contributed by atoms with Crippen molar-refractivity contribution in [3.05, 3.63) is 29.7 Å². The summed E-state index contributed by atoms with van der Waals surface area (Å²) in [5.41, 5.74) is -0.280. The number of aryl methyl sites for hydroxylation is 2. The first-order valence-electron chi connectivity index (χ1n) is 6.26. The molecule has 0 bridgehead atoms. The molecule has 2 rings (SSSR count). The number of carboxylic acids is 1. The molecule has 0 amide bonds. The van der Waals surface area contributed by atoms with Crippen LogP contribution in [0.25, 0.3) is 0 Å². The molecule has 0 spiro atoms. The van der Waals surface area contributed by atoms with E-state index in [1.54, 1.807) is 0 Å².